The molecule has 0 spiro atoms. The number of fused-ring (bicyclic) bond motifs is 1. The molecule has 1 aromatic carbocycles. The summed E-state index contributed by atoms with van der Waals surface area (Å²) in [6, 6.07) is 15.1. The summed E-state index contributed by atoms with van der Waals surface area (Å²) >= 11 is 0. The number of pyridine rings is 2. The summed E-state index contributed by atoms with van der Waals surface area (Å²) in [6.45, 7) is 0. The van der Waals surface area contributed by atoms with Gasteiger partial charge in [0.15, 0.2) is 0 Å². The number of amides is 1. The van der Waals surface area contributed by atoms with Crippen LogP contribution >= 0.6 is 0 Å². The lowest BCUT2D eigenvalue weighted by Gasteiger charge is -2.27. The first kappa shape index (κ1) is 21.1. The average molecular weight is 444 g/mol. The lowest BCUT2D eigenvalue weighted by atomic mass is 9.93. The van der Waals surface area contributed by atoms with Crippen LogP contribution in [0.3, 0.4) is 0 Å². The summed E-state index contributed by atoms with van der Waals surface area (Å²) < 4.78 is 7.44. The Labute approximate surface area is 190 Å². The van der Waals surface area contributed by atoms with Crippen LogP contribution in [0.1, 0.15) is 42.1 Å². The Morgan fingerprint density at radius 3 is 2.73 bits per heavy atom. The molecule has 1 aliphatic carbocycles. The topological polar surface area (TPSA) is 105 Å². The van der Waals surface area contributed by atoms with Gasteiger partial charge in [0.1, 0.15) is 0 Å². The van der Waals surface area contributed by atoms with Gasteiger partial charge in [-0.05, 0) is 62.1 Å². The van der Waals surface area contributed by atoms with Crippen molar-refractivity contribution < 1.29 is 14.6 Å². The molecule has 1 saturated carbocycles. The van der Waals surface area contributed by atoms with Crippen molar-refractivity contribution in [1.82, 2.24) is 19.5 Å². The van der Waals surface area contributed by atoms with Gasteiger partial charge in [-0.1, -0.05) is 12.1 Å². The highest BCUT2D eigenvalue weighted by Crippen LogP contribution is 2.30. The average Bonchev–Trinajstić information content (AvgIpc) is 3.22. The highest BCUT2D eigenvalue weighted by atomic mass is 16.5. The third kappa shape index (κ3) is 4.17. The Kier molecular flexibility index (Phi) is 5.75. The molecule has 0 aliphatic heterocycles. The van der Waals surface area contributed by atoms with Crippen LogP contribution in [0.15, 0.2) is 65.9 Å². The Morgan fingerprint density at radius 2 is 1.91 bits per heavy atom. The molecule has 168 valence electrons. The molecule has 1 aliphatic rings. The van der Waals surface area contributed by atoms with Gasteiger partial charge in [0, 0.05) is 24.0 Å². The number of aliphatic hydroxyl groups is 1. The van der Waals surface area contributed by atoms with E-state index >= 15 is 0 Å². The number of ether oxygens (including phenoxy) is 1. The normalized spacial score (nSPS) is 19.0. The molecule has 3 heterocycles. The molecule has 1 fully saturated rings. The monoisotopic (exact) mass is 443 g/mol. The first-order valence-corrected chi connectivity index (χ1v) is 11.1. The Balaban J connectivity index is 1.56. The summed E-state index contributed by atoms with van der Waals surface area (Å²) in [6.07, 6.45) is 6.14. The molecular weight excluding hydrogens is 418 g/mol. The number of aromatic amines is 1. The second-order valence-electron chi connectivity index (χ2n) is 8.21. The van der Waals surface area contributed by atoms with Crippen LogP contribution in [0.25, 0.3) is 22.3 Å². The van der Waals surface area contributed by atoms with Gasteiger partial charge in [-0.25, -0.2) is 4.98 Å². The largest absolute Gasteiger partial charge is 0.481 e. The van der Waals surface area contributed by atoms with Crippen molar-refractivity contribution >= 4 is 16.9 Å². The zero-order chi connectivity index (χ0) is 22.8. The molecule has 3 aromatic heterocycles. The predicted octanol–water partition coefficient (Wildman–Crippen LogP) is 3.65. The van der Waals surface area contributed by atoms with Gasteiger partial charge in [-0.3, -0.25) is 9.78 Å². The smallest absolute Gasteiger partial charge is 0.280 e. The number of methoxy groups -OCH3 is 1. The molecule has 0 unspecified atom stereocenters. The van der Waals surface area contributed by atoms with Gasteiger partial charge in [0.2, 0.25) is 11.5 Å². The molecule has 33 heavy (non-hydrogen) atoms. The number of hydrogen-bond donors (Lipinski definition) is 2. The van der Waals surface area contributed by atoms with E-state index < -0.39 is 0 Å². The number of rotatable bonds is 4. The van der Waals surface area contributed by atoms with E-state index in [9.17, 15) is 9.90 Å². The van der Waals surface area contributed by atoms with Gasteiger partial charge >= 0.3 is 0 Å². The van der Waals surface area contributed by atoms with E-state index in [1.54, 1.807) is 37.7 Å². The van der Waals surface area contributed by atoms with Crippen molar-refractivity contribution in [2.45, 2.75) is 37.8 Å². The van der Waals surface area contributed by atoms with Crippen molar-refractivity contribution in [3.05, 3.63) is 72.1 Å². The summed E-state index contributed by atoms with van der Waals surface area (Å²) in [5.74, 6) is 0.0807. The minimum absolute atomic E-state index is 0.170. The van der Waals surface area contributed by atoms with Crippen LogP contribution in [-0.4, -0.2) is 43.7 Å². The molecule has 5 rings (SSSR count). The van der Waals surface area contributed by atoms with Crippen molar-refractivity contribution in [2.24, 2.45) is 4.99 Å². The Bertz CT molecular complexity index is 1370. The minimum Gasteiger partial charge on any atom is -0.481 e. The zero-order valence-electron chi connectivity index (χ0n) is 18.3. The van der Waals surface area contributed by atoms with Gasteiger partial charge in [0.05, 0.1) is 35.5 Å². The quantitative estimate of drug-likeness (QED) is 0.501. The molecule has 4 aromatic rings. The van der Waals surface area contributed by atoms with E-state index in [2.05, 4.69) is 24.5 Å². The number of aliphatic hydroxyl groups excluding tert-OH is 1. The molecule has 8 nitrogen and oxygen atoms in total. The summed E-state index contributed by atoms with van der Waals surface area (Å²) in [7, 11) is 1.55. The van der Waals surface area contributed by atoms with E-state index in [1.165, 1.54) is 0 Å². The van der Waals surface area contributed by atoms with Crippen molar-refractivity contribution in [2.75, 3.05) is 7.11 Å². The Hall–Kier alpha value is -3.78. The SMILES string of the molecule is COc1ncccc1-c1cc(C(=O)/N=c2\[nH]c3ccccc3n2[C@H]2CC[C@@H](O)CC2)ccn1. The maximum absolute atomic E-state index is 13.2. The van der Waals surface area contributed by atoms with Crippen LogP contribution in [0, 0.1) is 0 Å². The number of para-hydroxylation sites is 2. The van der Waals surface area contributed by atoms with E-state index in [1.807, 2.05) is 30.3 Å². The lowest BCUT2D eigenvalue weighted by molar-refractivity contribution is 0.0990. The van der Waals surface area contributed by atoms with E-state index in [-0.39, 0.29) is 18.1 Å². The van der Waals surface area contributed by atoms with Crippen molar-refractivity contribution in [1.29, 1.82) is 0 Å². The fourth-order valence-electron chi connectivity index (χ4n) is 4.47. The first-order valence-electron chi connectivity index (χ1n) is 11.1. The minimum atomic E-state index is -0.363. The number of H-pyrrole nitrogens is 1. The molecule has 0 saturated heterocycles. The third-order valence-electron chi connectivity index (χ3n) is 6.12. The lowest BCUT2D eigenvalue weighted by Crippen LogP contribution is -2.29. The van der Waals surface area contributed by atoms with Crippen LogP contribution in [-0.2, 0) is 0 Å². The molecule has 2 N–H and O–H groups in total. The van der Waals surface area contributed by atoms with Crippen LogP contribution in [0.2, 0.25) is 0 Å². The van der Waals surface area contributed by atoms with Crippen molar-refractivity contribution in [3.63, 3.8) is 0 Å². The van der Waals surface area contributed by atoms with Gasteiger partial charge in [-0.2, -0.15) is 4.99 Å². The number of carbonyl (C=O) groups is 1. The third-order valence-corrected chi connectivity index (χ3v) is 6.12. The maximum Gasteiger partial charge on any atom is 0.280 e. The van der Waals surface area contributed by atoms with E-state index in [0.717, 1.165) is 36.7 Å². The number of carbonyl (C=O) groups excluding carboxylic acids is 1. The molecule has 1 amide bonds. The fourth-order valence-corrected chi connectivity index (χ4v) is 4.47. The molecule has 8 heteroatoms. The number of imidazole rings is 1. The highest BCUT2D eigenvalue weighted by molar-refractivity contribution is 5.96. The van der Waals surface area contributed by atoms with Crippen LogP contribution in [0.5, 0.6) is 5.88 Å². The molecule has 0 atom stereocenters. The number of aromatic nitrogens is 4. The van der Waals surface area contributed by atoms with E-state index in [0.29, 0.717) is 28.3 Å². The number of nitrogens with one attached hydrogen (secondary N) is 1. The summed E-state index contributed by atoms with van der Waals surface area (Å²) in [5, 5.41) is 9.94. The number of hydrogen-bond acceptors (Lipinski definition) is 5. The van der Waals surface area contributed by atoms with E-state index in [4.69, 9.17) is 4.74 Å². The second-order valence-corrected chi connectivity index (χ2v) is 8.21. The summed E-state index contributed by atoms with van der Waals surface area (Å²) in [4.78, 5) is 29.6. The first-order chi connectivity index (χ1) is 16.1. The van der Waals surface area contributed by atoms with Gasteiger partial charge < -0.3 is 19.4 Å². The zero-order valence-corrected chi connectivity index (χ0v) is 18.3. The number of benzene rings is 1. The maximum atomic E-state index is 13.2. The van der Waals surface area contributed by atoms with Crippen LogP contribution < -0.4 is 10.4 Å². The fraction of sp³-hybridized carbons (Fsp3) is 0.280. The highest BCUT2D eigenvalue weighted by Gasteiger charge is 2.23. The second kappa shape index (κ2) is 8.99. The standard InChI is InChI=1S/C25H25N5O3/c1-33-24-19(5-4-13-27-24)21-15-16(12-14-26-21)23(32)29-25-28-20-6-2-3-7-22(20)30(25)17-8-10-18(31)11-9-17/h2-7,12-15,17-18,31H,8-11H2,1H3,(H,28,29,32)/t17-,18+. The predicted molar refractivity (Wildman–Crippen MR) is 124 cm³/mol. The van der Waals surface area contributed by atoms with Crippen LogP contribution in [0.4, 0.5) is 0 Å². The summed E-state index contributed by atoms with van der Waals surface area (Å²) in [5.41, 5.74) is 4.16. The molecule has 0 bridgehead atoms. The number of nitrogens with zero attached hydrogens (tertiary/aromatic N) is 4. The Morgan fingerprint density at radius 1 is 1.09 bits per heavy atom. The van der Waals surface area contributed by atoms with Gasteiger partial charge in [-0.15, -0.1) is 0 Å². The van der Waals surface area contributed by atoms with Gasteiger partial charge in [0.25, 0.3) is 5.91 Å². The molecular formula is C25H25N5O3. The molecule has 0 radical (unpaired) electrons. The van der Waals surface area contributed by atoms with Crippen molar-refractivity contribution in [3.8, 4) is 17.1 Å².